The minimum atomic E-state index is 0.862. The molecule has 4 nitrogen and oxygen atoms in total. The number of para-hydroxylation sites is 2. The van der Waals surface area contributed by atoms with Crippen LogP contribution in [0.25, 0.3) is 16.9 Å². The van der Waals surface area contributed by atoms with Crippen molar-refractivity contribution in [3.63, 3.8) is 0 Å². The van der Waals surface area contributed by atoms with Crippen LogP contribution in [0.2, 0.25) is 0 Å². The minimum Gasteiger partial charge on any atom is -0.370 e. The first-order chi connectivity index (χ1) is 8.88. The van der Waals surface area contributed by atoms with Crippen molar-refractivity contribution in [2.24, 2.45) is 0 Å². The molecule has 3 aromatic rings. The van der Waals surface area contributed by atoms with E-state index in [1.165, 1.54) is 0 Å². The van der Waals surface area contributed by atoms with Gasteiger partial charge in [0.25, 0.3) is 0 Å². The van der Waals surface area contributed by atoms with E-state index in [2.05, 4.69) is 22.2 Å². The highest BCUT2D eigenvalue weighted by atomic mass is 15.1. The summed E-state index contributed by atoms with van der Waals surface area (Å²) in [5.41, 5.74) is 2.05. The summed E-state index contributed by atoms with van der Waals surface area (Å²) in [6.07, 6.45) is 1.81. The standard InChI is InChI=1S/C14H14N4/c1-2-15-13-8-5-9-14(17-13)18-10-16-11-6-3-4-7-12(11)18/h3-10H,2H2,1H3,(H,15,17). The van der Waals surface area contributed by atoms with Crippen LogP contribution in [0.3, 0.4) is 0 Å². The maximum absolute atomic E-state index is 4.57. The van der Waals surface area contributed by atoms with Gasteiger partial charge < -0.3 is 5.32 Å². The van der Waals surface area contributed by atoms with Gasteiger partial charge in [-0.3, -0.25) is 4.57 Å². The van der Waals surface area contributed by atoms with Crippen LogP contribution in [-0.2, 0) is 0 Å². The first kappa shape index (κ1) is 10.8. The molecule has 4 heteroatoms. The molecule has 0 radical (unpaired) electrons. The van der Waals surface area contributed by atoms with Crippen LogP contribution in [0.15, 0.2) is 48.8 Å². The monoisotopic (exact) mass is 238 g/mol. The largest absolute Gasteiger partial charge is 0.370 e. The van der Waals surface area contributed by atoms with Gasteiger partial charge in [0.15, 0.2) is 0 Å². The zero-order valence-corrected chi connectivity index (χ0v) is 10.2. The molecule has 0 aliphatic heterocycles. The summed E-state index contributed by atoms with van der Waals surface area (Å²) >= 11 is 0. The van der Waals surface area contributed by atoms with Crippen LogP contribution in [0.4, 0.5) is 5.82 Å². The van der Waals surface area contributed by atoms with Gasteiger partial charge in [-0.15, -0.1) is 0 Å². The molecule has 0 atom stereocenters. The topological polar surface area (TPSA) is 42.7 Å². The molecule has 0 fully saturated rings. The van der Waals surface area contributed by atoms with Gasteiger partial charge in [0, 0.05) is 6.54 Å². The second-order valence-corrected chi connectivity index (χ2v) is 4.01. The number of nitrogens with one attached hydrogen (secondary N) is 1. The van der Waals surface area contributed by atoms with Gasteiger partial charge in [-0.25, -0.2) is 9.97 Å². The number of aromatic nitrogens is 3. The van der Waals surface area contributed by atoms with Crippen molar-refractivity contribution in [1.82, 2.24) is 14.5 Å². The molecule has 0 unspecified atom stereocenters. The zero-order valence-electron chi connectivity index (χ0n) is 10.2. The average molecular weight is 238 g/mol. The fourth-order valence-electron chi connectivity index (χ4n) is 1.98. The number of benzene rings is 1. The fourth-order valence-corrected chi connectivity index (χ4v) is 1.98. The number of nitrogens with zero attached hydrogens (tertiary/aromatic N) is 3. The summed E-state index contributed by atoms with van der Waals surface area (Å²) in [6.45, 7) is 2.92. The average Bonchev–Trinajstić information content (AvgIpc) is 2.83. The highest BCUT2D eigenvalue weighted by Gasteiger charge is 2.05. The van der Waals surface area contributed by atoms with Crippen LogP contribution < -0.4 is 5.32 Å². The first-order valence-corrected chi connectivity index (χ1v) is 6.02. The first-order valence-electron chi connectivity index (χ1n) is 6.02. The van der Waals surface area contributed by atoms with E-state index in [4.69, 9.17) is 0 Å². The molecule has 1 aromatic carbocycles. The number of hydrogen-bond donors (Lipinski definition) is 1. The third-order valence-electron chi connectivity index (χ3n) is 2.79. The predicted octanol–water partition coefficient (Wildman–Crippen LogP) is 2.85. The van der Waals surface area contributed by atoms with Crippen LogP contribution >= 0.6 is 0 Å². The second kappa shape index (κ2) is 4.49. The minimum absolute atomic E-state index is 0.862. The van der Waals surface area contributed by atoms with Gasteiger partial charge in [-0.1, -0.05) is 18.2 Å². The normalized spacial score (nSPS) is 10.7. The molecule has 0 amide bonds. The Morgan fingerprint density at radius 3 is 2.89 bits per heavy atom. The quantitative estimate of drug-likeness (QED) is 0.763. The molecule has 0 saturated heterocycles. The number of anilines is 1. The molecule has 0 spiro atoms. The van der Waals surface area contributed by atoms with Crippen molar-refractivity contribution in [1.29, 1.82) is 0 Å². The van der Waals surface area contributed by atoms with Gasteiger partial charge in [-0.2, -0.15) is 0 Å². The molecule has 90 valence electrons. The van der Waals surface area contributed by atoms with Gasteiger partial charge in [-0.05, 0) is 31.2 Å². The maximum Gasteiger partial charge on any atom is 0.140 e. The lowest BCUT2D eigenvalue weighted by atomic mass is 10.3. The van der Waals surface area contributed by atoms with E-state index in [-0.39, 0.29) is 0 Å². The van der Waals surface area contributed by atoms with E-state index >= 15 is 0 Å². The summed E-state index contributed by atoms with van der Waals surface area (Å²) in [5, 5.41) is 3.21. The number of imidazole rings is 1. The zero-order chi connectivity index (χ0) is 12.4. The van der Waals surface area contributed by atoms with Gasteiger partial charge in [0.1, 0.15) is 18.0 Å². The molecular formula is C14H14N4. The lowest BCUT2D eigenvalue weighted by Crippen LogP contribution is -2.02. The molecule has 2 aromatic heterocycles. The van der Waals surface area contributed by atoms with Crippen molar-refractivity contribution in [2.75, 3.05) is 11.9 Å². The summed E-state index contributed by atoms with van der Waals surface area (Å²) in [7, 11) is 0. The molecule has 1 N–H and O–H groups in total. The van der Waals surface area contributed by atoms with Crippen LogP contribution in [0.1, 0.15) is 6.92 Å². The van der Waals surface area contributed by atoms with Crippen LogP contribution in [0, 0.1) is 0 Å². The SMILES string of the molecule is CCNc1cccc(-n2cnc3ccccc32)n1. The van der Waals surface area contributed by atoms with E-state index in [0.29, 0.717) is 0 Å². The van der Waals surface area contributed by atoms with Crippen molar-refractivity contribution >= 4 is 16.9 Å². The lowest BCUT2D eigenvalue weighted by molar-refractivity contribution is 1.01. The Morgan fingerprint density at radius 1 is 1.11 bits per heavy atom. The Hall–Kier alpha value is -2.36. The Labute approximate surface area is 105 Å². The Morgan fingerprint density at radius 2 is 2.00 bits per heavy atom. The molecule has 0 aliphatic carbocycles. The Kier molecular flexibility index (Phi) is 2.68. The summed E-state index contributed by atoms with van der Waals surface area (Å²) in [4.78, 5) is 8.94. The highest BCUT2D eigenvalue weighted by Crippen LogP contribution is 2.17. The molecule has 0 saturated carbocycles. The molecule has 3 rings (SSSR count). The van der Waals surface area contributed by atoms with E-state index in [9.17, 15) is 0 Å². The smallest absolute Gasteiger partial charge is 0.140 e. The molecule has 0 bridgehead atoms. The molecule has 2 heterocycles. The van der Waals surface area contributed by atoms with E-state index in [1.54, 1.807) is 0 Å². The lowest BCUT2D eigenvalue weighted by Gasteiger charge is -2.06. The summed E-state index contributed by atoms with van der Waals surface area (Å²) in [5.74, 6) is 1.76. The number of rotatable bonds is 3. The van der Waals surface area contributed by atoms with Crippen LogP contribution in [-0.4, -0.2) is 21.1 Å². The Bertz CT molecular complexity index is 672. The number of pyridine rings is 1. The fraction of sp³-hybridized carbons (Fsp3) is 0.143. The third-order valence-corrected chi connectivity index (χ3v) is 2.79. The Balaban J connectivity index is 2.11. The van der Waals surface area contributed by atoms with Crippen molar-refractivity contribution in [3.8, 4) is 5.82 Å². The van der Waals surface area contributed by atoms with Crippen molar-refractivity contribution < 1.29 is 0 Å². The second-order valence-electron chi connectivity index (χ2n) is 4.01. The number of hydrogen-bond acceptors (Lipinski definition) is 3. The van der Waals surface area contributed by atoms with E-state index in [0.717, 1.165) is 29.2 Å². The van der Waals surface area contributed by atoms with Gasteiger partial charge in [0.2, 0.25) is 0 Å². The van der Waals surface area contributed by atoms with Crippen LogP contribution in [0.5, 0.6) is 0 Å². The molecular weight excluding hydrogens is 224 g/mol. The van der Waals surface area contributed by atoms with E-state index < -0.39 is 0 Å². The predicted molar refractivity (Wildman–Crippen MR) is 73.0 cm³/mol. The molecule has 0 aliphatic rings. The highest BCUT2D eigenvalue weighted by molar-refractivity contribution is 5.76. The summed E-state index contributed by atoms with van der Waals surface area (Å²) < 4.78 is 2.00. The van der Waals surface area contributed by atoms with Gasteiger partial charge in [0.05, 0.1) is 11.0 Å². The molecule has 18 heavy (non-hydrogen) atoms. The van der Waals surface area contributed by atoms with Crippen molar-refractivity contribution in [3.05, 3.63) is 48.8 Å². The number of fused-ring (bicyclic) bond motifs is 1. The third kappa shape index (κ3) is 1.82. The van der Waals surface area contributed by atoms with Gasteiger partial charge >= 0.3 is 0 Å². The van der Waals surface area contributed by atoms with Crippen molar-refractivity contribution in [2.45, 2.75) is 6.92 Å². The van der Waals surface area contributed by atoms with E-state index in [1.807, 2.05) is 53.4 Å². The summed E-state index contributed by atoms with van der Waals surface area (Å²) in [6, 6.07) is 14.0. The maximum atomic E-state index is 4.57.